The van der Waals surface area contributed by atoms with E-state index >= 15 is 0 Å². The highest BCUT2D eigenvalue weighted by Gasteiger charge is 2.42. The average molecular weight is 448 g/mol. The van der Waals surface area contributed by atoms with Gasteiger partial charge >= 0.3 is 0 Å². The van der Waals surface area contributed by atoms with Gasteiger partial charge in [0.25, 0.3) is 0 Å². The summed E-state index contributed by atoms with van der Waals surface area (Å²) in [5.41, 5.74) is 2.66. The zero-order chi connectivity index (χ0) is 22.4. The van der Waals surface area contributed by atoms with Crippen LogP contribution < -0.4 is 5.32 Å². The molecule has 0 atom stereocenters. The van der Waals surface area contributed by atoms with Crippen molar-refractivity contribution in [3.63, 3.8) is 0 Å². The Balaban J connectivity index is 1.52. The summed E-state index contributed by atoms with van der Waals surface area (Å²) in [5.74, 6) is 0.171. The van der Waals surface area contributed by atoms with Crippen LogP contribution in [-0.2, 0) is 22.4 Å². The van der Waals surface area contributed by atoms with E-state index in [1.807, 2.05) is 36.1 Å². The SMILES string of the molecule is CCNC(=O)C1(Cc2ccccc2-c2cccs2)CCN(C(=O)Cc2ccccn2)CC1. The van der Waals surface area contributed by atoms with Crippen molar-refractivity contribution in [2.45, 2.75) is 32.6 Å². The van der Waals surface area contributed by atoms with Gasteiger partial charge in [0.05, 0.1) is 11.8 Å². The van der Waals surface area contributed by atoms with Gasteiger partial charge in [0, 0.05) is 36.4 Å². The molecule has 0 bridgehead atoms. The standard InChI is InChI=1S/C26H29N3O2S/c1-2-27-25(31)26(19-20-8-3-4-10-22(20)23-11-7-17-32-23)12-15-29(16-13-26)24(30)18-21-9-5-6-14-28-21/h3-11,14,17H,2,12-13,15-16,18-19H2,1H3,(H,27,31). The fourth-order valence-electron chi connectivity index (χ4n) is 4.50. The lowest BCUT2D eigenvalue weighted by Crippen LogP contribution is -2.51. The van der Waals surface area contributed by atoms with Crippen molar-refractivity contribution < 1.29 is 9.59 Å². The maximum Gasteiger partial charge on any atom is 0.228 e. The number of piperidine rings is 1. The molecule has 32 heavy (non-hydrogen) atoms. The lowest BCUT2D eigenvalue weighted by atomic mass is 9.72. The van der Waals surface area contributed by atoms with Gasteiger partial charge in [-0.3, -0.25) is 14.6 Å². The summed E-state index contributed by atoms with van der Waals surface area (Å²) in [6.07, 6.45) is 4.01. The van der Waals surface area contributed by atoms with Gasteiger partial charge in [0.15, 0.2) is 0 Å². The Hall–Kier alpha value is -2.99. The van der Waals surface area contributed by atoms with Gasteiger partial charge in [-0.1, -0.05) is 36.4 Å². The normalized spacial score (nSPS) is 15.3. The Labute approximate surface area is 193 Å². The Morgan fingerprint density at radius 2 is 1.84 bits per heavy atom. The van der Waals surface area contributed by atoms with E-state index in [0.717, 1.165) is 5.69 Å². The maximum atomic E-state index is 13.3. The lowest BCUT2D eigenvalue weighted by Gasteiger charge is -2.41. The van der Waals surface area contributed by atoms with Gasteiger partial charge in [-0.15, -0.1) is 11.3 Å². The molecule has 1 aliphatic rings. The average Bonchev–Trinajstić information content (AvgIpc) is 3.35. The number of pyridine rings is 1. The highest BCUT2D eigenvalue weighted by molar-refractivity contribution is 7.13. The van der Waals surface area contributed by atoms with Crippen molar-refractivity contribution in [2.24, 2.45) is 5.41 Å². The number of rotatable bonds is 7. The first-order valence-corrected chi connectivity index (χ1v) is 12.1. The molecule has 3 heterocycles. The van der Waals surface area contributed by atoms with Crippen LogP contribution in [0.4, 0.5) is 0 Å². The number of carbonyl (C=O) groups excluding carboxylic acids is 2. The van der Waals surface area contributed by atoms with Crippen molar-refractivity contribution in [2.75, 3.05) is 19.6 Å². The van der Waals surface area contributed by atoms with Crippen molar-refractivity contribution in [3.05, 3.63) is 77.4 Å². The molecule has 1 N–H and O–H groups in total. The van der Waals surface area contributed by atoms with Crippen LogP contribution in [0.15, 0.2) is 66.2 Å². The Morgan fingerprint density at radius 3 is 2.53 bits per heavy atom. The number of thiophene rings is 1. The summed E-state index contributed by atoms with van der Waals surface area (Å²) in [6, 6.07) is 18.2. The molecule has 2 aromatic heterocycles. The summed E-state index contributed by atoms with van der Waals surface area (Å²) in [5, 5.41) is 5.15. The quantitative estimate of drug-likeness (QED) is 0.586. The Morgan fingerprint density at radius 1 is 1.06 bits per heavy atom. The predicted octanol–water partition coefficient (Wildman–Crippen LogP) is 4.34. The van der Waals surface area contributed by atoms with Crippen LogP contribution in [0.1, 0.15) is 31.0 Å². The molecule has 3 aromatic rings. The summed E-state index contributed by atoms with van der Waals surface area (Å²) < 4.78 is 0. The van der Waals surface area contributed by atoms with E-state index in [2.05, 4.69) is 46.0 Å². The van der Waals surface area contributed by atoms with Crippen LogP contribution >= 0.6 is 11.3 Å². The Kier molecular flexibility index (Phi) is 7.00. The summed E-state index contributed by atoms with van der Waals surface area (Å²) in [7, 11) is 0. The van der Waals surface area contributed by atoms with E-state index in [9.17, 15) is 9.59 Å². The van der Waals surface area contributed by atoms with E-state index < -0.39 is 5.41 Å². The molecule has 4 rings (SSSR count). The molecule has 1 fully saturated rings. The number of nitrogens with zero attached hydrogens (tertiary/aromatic N) is 2. The smallest absolute Gasteiger partial charge is 0.228 e. The maximum absolute atomic E-state index is 13.3. The number of benzene rings is 1. The molecule has 1 aliphatic heterocycles. The molecule has 5 nitrogen and oxygen atoms in total. The van der Waals surface area contributed by atoms with Crippen LogP contribution in [0.5, 0.6) is 0 Å². The highest BCUT2D eigenvalue weighted by atomic mass is 32.1. The number of nitrogens with one attached hydrogen (secondary N) is 1. The third-order valence-electron chi connectivity index (χ3n) is 6.28. The van der Waals surface area contributed by atoms with Crippen molar-refractivity contribution >= 4 is 23.2 Å². The molecule has 1 aromatic carbocycles. The van der Waals surface area contributed by atoms with Gasteiger partial charge in [-0.2, -0.15) is 0 Å². The molecule has 166 valence electrons. The van der Waals surface area contributed by atoms with Crippen LogP contribution in [0, 0.1) is 5.41 Å². The number of hydrogen-bond donors (Lipinski definition) is 1. The van der Waals surface area contributed by atoms with Gasteiger partial charge in [-0.05, 0) is 60.9 Å². The highest BCUT2D eigenvalue weighted by Crippen LogP contribution is 2.39. The van der Waals surface area contributed by atoms with E-state index in [1.165, 1.54) is 16.0 Å². The molecule has 2 amide bonds. The van der Waals surface area contributed by atoms with Crippen LogP contribution in [0.2, 0.25) is 0 Å². The number of likely N-dealkylation sites (tertiary alicyclic amines) is 1. The van der Waals surface area contributed by atoms with E-state index in [4.69, 9.17) is 0 Å². The molecular formula is C26H29N3O2S. The number of aromatic nitrogens is 1. The molecule has 0 radical (unpaired) electrons. The summed E-state index contributed by atoms with van der Waals surface area (Å²) >= 11 is 1.72. The minimum atomic E-state index is -0.509. The van der Waals surface area contributed by atoms with Gasteiger partial charge < -0.3 is 10.2 Å². The lowest BCUT2D eigenvalue weighted by molar-refractivity contribution is -0.140. The second kappa shape index (κ2) is 10.1. The molecule has 0 unspecified atom stereocenters. The van der Waals surface area contributed by atoms with Crippen molar-refractivity contribution in [3.8, 4) is 10.4 Å². The number of amides is 2. The van der Waals surface area contributed by atoms with E-state index in [-0.39, 0.29) is 11.8 Å². The monoisotopic (exact) mass is 447 g/mol. The molecule has 0 spiro atoms. The second-order valence-corrected chi connectivity index (χ2v) is 9.28. The number of carbonyl (C=O) groups is 2. The van der Waals surface area contributed by atoms with E-state index in [0.29, 0.717) is 45.3 Å². The second-order valence-electron chi connectivity index (χ2n) is 8.33. The number of hydrogen-bond acceptors (Lipinski definition) is 4. The minimum absolute atomic E-state index is 0.0761. The third-order valence-corrected chi connectivity index (χ3v) is 7.19. The first-order chi connectivity index (χ1) is 15.6. The first-order valence-electron chi connectivity index (χ1n) is 11.2. The van der Waals surface area contributed by atoms with Crippen LogP contribution in [0.3, 0.4) is 0 Å². The van der Waals surface area contributed by atoms with Gasteiger partial charge in [0.1, 0.15) is 0 Å². The first kappa shape index (κ1) is 22.2. The molecule has 1 saturated heterocycles. The fraction of sp³-hybridized carbons (Fsp3) is 0.346. The van der Waals surface area contributed by atoms with Crippen molar-refractivity contribution in [1.29, 1.82) is 0 Å². The Bertz CT molecular complexity index is 1040. The molecular weight excluding hydrogens is 418 g/mol. The van der Waals surface area contributed by atoms with Gasteiger partial charge in [0.2, 0.25) is 11.8 Å². The predicted molar refractivity (Wildman–Crippen MR) is 128 cm³/mol. The zero-order valence-electron chi connectivity index (χ0n) is 18.4. The summed E-state index contributed by atoms with van der Waals surface area (Å²) in [6.45, 7) is 3.74. The molecule has 0 saturated carbocycles. The zero-order valence-corrected chi connectivity index (χ0v) is 19.2. The largest absolute Gasteiger partial charge is 0.356 e. The molecule has 0 aliphatic carbocycles. The van der Waals surface area contributed by atoms with Crippen molar-refractivity contribution in [1.82, 2.24) is 15.2 Å². The minimum Gasteiger partial charge on any atom is -0.356 e. The fourth-order valence-corrected chi connectivity index (χ4v) is 5.28. The van der Waals surface area contributed by atoms with Crippen LogP contribution in [0.25, 0.3) is 10.4 Å². The van der Waals surface area contributed by atoms with E-state index in [1.54, 1.807) is 17.5 Å². The van der Waals surface area contributed by atoms with Crippen LogP contribution in [-0.4, -0.2) is 41.3 Å². The third kappa shape index (κ3) is 4.91. The van der Waals surface area contributed by atoms with Gasteiger partial charge in [-0.25, -0.2) is 0 Å². The molecule has 6 heteroatoms. The summed E-state index contributed by atoms with van der Waals surface area (Å²) in [4.78, 5) is 33.5. The topological polar surface area (TPSA) is 62.3 Å².